The first-order valence-electron chi connectivity index (χ1n) is 10.8. The first-order valence-corrected chi connectivity index (χ1v) is 10.8. The molecule has 1 N–H and O–H groups in total. The number of rotatable bonds is 9. The van der Waals surface area contributed by atoms with E-state index >= 15 is 0 Å². The van der Waals surface area contributed by atoms with Gasteiger partial charge in [0.15, 0.2) is 0 Å². The zero-order valence-electron chi connectivity index (χ0n) is 19.0. The molecule has 7 nitrogen and oxygen atoms in total. The molecule has 0 spiro atoms. The van der Waals surface area contributed by atoms with Crippen molar-refractivity contribution >= 4 is 17.4 Å². The van der Waals surface area contributed by atoms with Crippen LogP contribution in [-0.4, -0.2) is 53.5 Å². The van der Waals surface area contributed by atoms with Crippen molar-refractivity contribution in [2.75, 3.05) is 26.9 Å². The minimum absolute atomic E-state index is 0.0810. The molecule has 1 atom stereocenters. The maximum Gasteiger partial charge on any atom is 0.295 e. The summed E-state index contributed by atoms with van der Waals surface area (Å²) >= 11 is 0. The highest BCUT2D eigenvalue weighted by molar-refractivity contribution is 6.46. The van der Waals surface area contributed by atoms with Crippen molar-refractivity contribution in [1.29, 1.82) is 0 Å². The monoisotopic (exact) mass is 438 g/mol. The highest BCUT2D eigenvalue weighted by Crippen LogP contribution is 2.40. The lowest BCUT2D eigenvalue weighted by Gasteiger charge is -2.25. The van der Waals surface area contributed by atoms with E-state index in [9.17, 15) is 14.7 Å². The third-order valence-electron chi connectivity index (χ3n) is 5.51. The Kier molecular flexibility index (Phi) is 7.64. The molecule has 1 amide bonds. The summed E-state index contributed by atoms with van der Waals surface area (Å²) in [6, 6.07) is 8.16. The lowest BCUT2D eigenvalue weighted by molar-refractivity contribution is -0.140. The molecule has 0 radical (unpaired) electrons. The number of methoxy groups -OCH3 is 1. The summed E-state index contributed by atoms with van der Waals surface area (Å²) in [5, 5.41) is 11.3. The van der Waals surface area contributed by atoms with Crippen LogP contribution in [0.2, 0.25) is 0 Å². The van der Waals surface area contributed by atoms with Gasteiger partial charge in [0.05, 0.1) is 18.2 Å². The van der Waals surface area contributed by atoms with E-state index in [4.69, 9.17) is 9.47 Å². The van der Waals surface area contributed by atoms with Gasteiger partial charge in [0.25, 0.3) is 11.7 Å². The number of pyridine rings is 1. The number of nitrogens with zero attached hydrogens (tertiary/aromatic N) is 2. The van der Waals surface area contributed by atoms with Crippen LogP contribution in [-0.2, 0) is 14.3 Å². The smallest absolute Gasteiger partial charge is 0.295 e. The van der Waals surface area contributed by atoms with Crippen LogP contribution < -0.4 is 4.74 Å². The maximum absolute atomic E-state index is 13.1. The van der Waals surface area contributed by atoms with Crippen molar-refractivity contribution in [3.63, 3.8) is 0 Å². The Morgan fingerprint density at radius 2 is 1.91 bits per heavy atom. The predicted molar refractivity (Wildman–Crippen MR) is 121 cm³/mol. The van der Waals surface area contributed by atoms with Crippen LogP contribution in [0.25, 0.3) is 5.76 Å². The van der Waals surface area contributed by atoms with Crippen molar-refractivity contribution in [2.24, 2.45) is 0 Å². The van der Waals surface area contributed by atoms with E-state index in [1.54, 1.807) is 43.8 Å². The summed E-state index contributed by atoms with van der Waals surface area (Å²) in [4.78, 5) is 31.5. The Balaban J connectivity index is 2.12. The van der Waals surface area contributed by atoms with Crippen molar-refractivity contribution in [3.05, 3.63) is 65.0 Å². The second-order valence-corrected chi connectivity index (χ2v) is 7.96. The van der Waals surface area contributed by atoms with Crippen LogP contribution in [0, 0.1) is 0 Å². The first-order chi connectivity index (χ1) is 15.4. The predicted octanol–water partition coefficient (Wildman–Crippen LogP) is 4.06. The van der Waals surface area contributed by atoms with Gasteiger partial charge in [0.2, 0.25) is 0 Å². The third-order valence-corrected chi connectivity index (χ3v) is 5.51. The number of aromatic nitrogens is 1. The largest absolute Gasteiger partial charge is 0.507 e. The third kappa shape index (κ3) is 4.67. The quantitative estimate of drug-likeness (QED) is 0.275. The molecule has 3 rings (SSSR count). The van der Waals surface area contributed by atoms with Gasteiger partial charge >= 0.3 is 0 Å². The summed E-state index contributed by atoms with van der Waals surface area (Å²) in [5.74, 6) is -0.618. The van der Waals surface area contributed by atoms with Crippen LogP contribution in [0.1, 0.15) is 55.8 Å². The molecule has 32 heavy (non-hydrogen) atoms. The number of aliphatic hydroxyl groups excluding tert-OH is 1. The molecule has 0 bridgehead atoms. The number of likely N-dealkylation sites (tertiary alicyclic amines) is 1. The lowest BCUT2D eigenvalue weighted by Crippen LogP contribution is -2.31. The van der Waals surface area contributed by atoms with Gasteiger partial charge in [-0.25, -0.2) is 0 Å². The fourth-order valence-electron chi connectivity index (χ4n) is 3.97. The molecule has 1 aromatic carbocycles. The highest BCUT2D eigenvalue weighted by atomic mass is 16.5. The van der Waals surface area contributed by atoms with Gasteiger partial charge in [0.1, 0.15) is 11.5 Å². The minimum atomic E-state index is -0.693. The van der Waals surface area contributed by atoms with Gasteiger partial charge in [-0.05, 0) is 60.7 Å². The molecule has 1 aromatic heterocycles. The molecule has 0 saturated carbocycles. The molecule has 170 valence electrons. The van der Waals surface area contributed by atoms with E-state index in [0.29, 0.717) is 37.3 Å². The van der Waals surface area contributed by atoms with Gasteiger partial charge in [-0.3, -0.25) is 14.6 Å². The molecule has 1 unspecified atom stereocenters. The van der Waals surface area contributed by atoms with Crippen LogP contribution in [0.3, 0.4) is 0 Å². The van der Waals surface area contributed by atoms with Gasteiger partial charge in [-0.15, -0.1) is 0 Å². The van der Waals surface area contributed by atoms with Crippen molar-refractivity contribution in [3.8, 4) is 5.75 Å². The number of carbonyl (C=O) groups excluding carboxylic acids is 2. The highest BCUT2D eigenvalue weighted by Gasteiger charge is 2.45. The van der Waals surface area contributed by atoms with Gasteiger partial charge in [0, 0.05) is 38.2 Å². The van der Waals surface area contributed by atoms with E-state index in [1.807, 2.05) is 26.8 Å². The lowest BCUT2D eigenvalue weighted by atomic mass is 9.93. The number of ketones is 1. The average molecular weight is 439 g/mol. The summed E-state index contributed by atoms with van der Waals surface area (Å²) in [6.07, 6.45) is 3.79. The van der Waals surface area contributed by atoms with E-state index in [-0.39, 0.29) is 17.3 Å². The van der Waals surface area contributed by atoms with E-state index in [2.05, 4.69) is 4.98 Å². The SMILES string of the molecule is CCOc1ccc(/C(O)=C2/C(=O)C(=O)N(CCCOC)C2c2ccncc2)cc1C(C)C. The number of amides is 1. The van der Waals surface area contributed by atoms with Crippen LogP contribution in [0.5, 0.6) is 5.75 Å². The van der Waals surface area contributed by atoms with E-state index in [1.165, 1.54) is 4.90 Å². The summed E-state index contributed by atoms with van der Waals surface area (Å²) < 4.78 is 10.8. The second-order valence-electron chi connectivity index (χ2n) is 7.96. The molecule has 1 saturated heterocycles. The molecular weight excluding hydrogens is 408 g/mol. The first kappa shape index (κ1) is 23.5. The van der Waals surface area contributed by atoms with E-state index in [0.717, 1.165) is 11.3 Å². The number of carbonyl (C=O) groups is 2. The number of benzene rings is 1. The normalized spacial score (nSPS) is 17.9. The summed E-state index contributed by atoms with van der Waals surface area (Å²) in [5.41, 5.74) is 2.20. The summed E-state index contributed by atoms with van der Waals surface area (Å²) in [7, 11) is 1.59. The molecule has 1 aliphatic rings. The average Bonchev–Trinajstić information content (AvgIpc) is 3.04. The molecule has 2 aromatic rings. The zero-order chi connectivity index (χ0) is 23.3. The summed E-state index contributed by atoms with van der Waals surface area (Å²) in [6.45, 7) is 7.31. The number of ether oxygens (including phenoxy) is 2. The van der Waals surface area contributed by atoms with Crippen molar-refractivity contribution < 1.29 is 24.2 Å². The maximum atomic E-state index is 13.1. The molecule has 2 heterocycles. The van der Waals surface area contributed by atoms with Crippen LogP contribution >= 0.6 is 0 Å². The van der Waals surface area contributed by atoms with Crippen molar-refractivity contribution in [1.82, 2.24) is 9.88 Å². The Morgan fingerprint density at radius 1 is 1.19 bits per heavy atom. The Bertz CT molecular complexity index is 1000. The Morgan fingerprint density at radius 3 is 2.53 bits per heavy atom. The van der Waals surface area contributed by atoms with Crippen LogP contribution in [0.15, 0.2) is 48.3 Å². The number of hydrogen-bond acceptors (Lipinski definition) is 6. The minimum Gasteiger partial charge on any atom is -0.507 e. The van der Waals surface area contributed by atoms with E-state index < -0.39 is 17.7 Å². The fraction of sp³-hybridized carbons (Fsp3) is 0.400. The Labute approximate surface area is 188 Å². The molecule has 1 fully saturated rings. The second kappa shape index (κ2) is 10.4. The molecular formula is C25H30N2O5. The number of aliphatic hydroxyl groups is 1. The van der Waals surface area contributed by atoms with Gasteiger partial charge < -0.3 is 19.5 Å². The topological polar surface area (TPSA) is 89.0 Å². The standard InChI is InChI=1S/C25H30N2O5/c1-5-32-20-8-7-18(15-19(20)16(2)3)23(28)21-22(17-9-11-26-12-10-17)27(13-6-14-31-4)25(30)24(21)29/h7-12,15-16,22,28H,5-6,13-14H2,1-4H3/b23-21-. The number of hydrogen-bond donors (Lipinski definition) is 1. The van der Waals surface area contributed by atoms with Gasteiger partial charge in [-0.1, -0.05) is 13.8 Å². The van der Waals surface area contributed by atoms with Crippen LogP contribution in [0.4, 0.5) is 0 Å². The van der Waals surface area contributed by atoms with Crippen molar-refractivity contribution in [2.45, 2.75) is 39.2 Å². The molecule has 0 aliphatic carbocycles. The van der Waals surface area contributed by atoms with Gasteiger partial charge in [-0.2, -0.15) is 0 Å². The fourth-order valence-corrected chi connectivity index (χ4v) is 3.97. The zero-order valence-corrected chi connectivity index (χ0v) is 19.0. The Hall–Kier alpha value is -3.19. The number of Topliss-reactive ketones (excluding diaryl/α,β-unsaturated/α-hetero) is 1. The molecule has 7 heteroatoms. The molecule has 1 aliphatic heterocycles.